The zero-order chi connectivity index (χ0) is 15.5. The van der Waals surface area contributed by atoms with Gasteiger partial charge in [0.1, 0.15) is 0 Å². The number of carboxylic acid groups (broad SMARTS) is 1. The van der Waals surface area contributed by atoms with E-state index in [0.29, 0.717) is 5.92 Å². The Bertz CT molecular complexity index is 517. The molecule has 20 heavy (non-hydrogen) atoms. The molecule has 110 valence electrons. The van der Waals surface area contributed by atoms with E-state index in [1.807, 2.05) is 6.92 Å². The molecule has 0 saturated heterocycles. The average Bonchev–Trinajstić information content (AvgIpc) is 2.25. The van der Waals surface area contributed by atoms with E-state index in [0.717, 1.165) is 23.1 Å². The van der Waals surface area contributed by atoms with Gasteiger partial charge in [-0.3, -0.25) is 0 Å². The second-order valence-corrected chi connectivity index (χ2v) is 6.89. The van der Waals surface area contributed by atoms with Crippen LogP contribution in [0.5, 0.6) is 0 Å². The summed E-state index contributed by atoms with van der Waals surface area (Å²) in [7, 11) is 0. The van der Waals surface area contributed by atoms with E-state index in [2.05, 4.69) is 52.8 Å². The maximum absolute atomic E-state index is 11.1. The summed E-state index contributed by atoms with van der Waals surface area (Å²) < 4.78 is 0. The van der Waals surface area contributed by atoms with E-state index in [-0.39, 0.29) is 5.41 Å². The summed E-state index contributed by atoms with van der Waals surface area (Å²) in [5.41, 5.74) is 4.41. The van der Waals surface area contributed by atoms with Gasteiger partial charge in [-0.25, -0.2) is 4.79 Å². The van der Waals surface area contributed by atoms with E-state index < -0.39 is 5.97 Å². The Hall–Kier alpha value is -1.57. The highest BCUT2D eigenvalue weighted by Gasteiger charge is 2.17. The van der Waals surface area contributed by atoms with Gasteiger partial charge in [0, 0.05) is 6.08 Å². The smallest absolute Gasteiger partial charge is 0.328 e. The minimum absolute atomic E-state index is 0.0641. The second-order valence-electron chi connectivity index (χ2n) is 6.89. The van der Waals surface area contributed by atoms with Gasteiger partial charge in [-0.05, 0) is 46.9 Å². The van der Waals surface area contributed by atoms with Crippen LogP contribution >= 0.6 is 0 Å². The van der Waals surface area contributed by atoms with Crippen LogP contribution in [0, 0.1) is 12.8 Å². The molecule has 0 saturated carbocycles. The number of benzene rings is 1. The van der Waals surface area contributed by atoms with Crippen LogP contribution in [0.25, 0.3) is 5.57 Å². The molecule has 1 N–H and O–H groups in total. The normalized spacial score (nSPS) is 12.8. The predicted molar refractivity (Wildman–Crippen MR) is 84.9 cm³/mol. The van der Waals surface area contributed by atoms with Gasteiger partial charge in [-0.15, -0.1) is 0 Å². The van der Waals surface area contributed by atoms with Gasteiger partial charge in [0.2, 0.25) is 0 Å². The maximum atomic E-state index is 11.1. The summed E-state index contributed by atoms with van der Waals surface area (Å²) in [5, 5.41) is 9.10. The summed E-state index contributed by atoms with van der Waals surface area (Å²) in [4.78, 5) is 11.1. The number of hydrogen-bond acceptors (Lipinski definition) is 1. The lowest BCUT2D eigenvalue weighted by Crippen LogP contribution is -2.12. The van der Waals surface area contributed by atoms with Gasteiger partial charge in [-0.2, -0.15) is 0 Å². The van der Waals surface area contributed by atoms with E-state index in [9.17, 15) is 4.79 Å². The molecule has 0 aliphatic carbocycles. The highest BCUT2D eigenvalue weighted by molar-refractivity contribution is 5.90. The van der Waals surface area contributed by atoms with Crippen LogP contribution in [0.1, 0.15) is 57.7 Å². The zero-order valence-corrected chi connectivity index (χ0v) is 13.4. The van der Waals surface area contributed by atoms with Crippen LogP contribution in [-0.4, -0.2) is 11.1 Å². The van der Waals surface area contributed by atoms with Gasteiger partial charge in [0.05, 0.1) is 0 Å². The van der Waals surface area contributed by atoms with E-state index >= 15 is 0 Å². The van der Waals surface area contributed by atoms with Crippen LogP contribution in [-0.2, 0) is 10.2 Å². The zero-order valence-electron chi connectivity index (χ0n) is 13.4. The summed E-state index contributed by atoms with van der Waals surface area (Å²) >= 11 is 0. The number of rotatable bonds is 4. The fraction of sp³-hybridized carbons (Fsp3) is 0.500. The molecule has 1 aromatic carbocycles. The number of aryl methyl sites for hydroxylation is 1. The first-order valence-electron chi connectivity index (χ1n) is 7.16. The molecule has 2 heteroatoms. The number of allylic oxidation sites excluding steroid dienone is 1. The molecule has 0 fully saturated rings. The Morgan fingerprint density at radius 2 is 1.90 bits per heavy atom. The average molecular weight is 274 g/mol. The lowest BCUT2D eigenvalue weighted by atomic mass is 9.83. The fourth-order valence-electron chi connectivity index (χ4n) is 2.27. The minimum atomic E-state index is -0.874. The van der Waals surface area contributed by atoms with Gasteiger partial charge in [0.25, 0.3) is 0 Å². The van der Waals surface area contributed by atoms with Crippen molar-refractivity contribution in [3.8, 4) is 0 Å². The van der Waals surface area contributed by atoms with Gasteiger partial charge < -0.3 is 5.11 Å². The molecule has 0 spiro atoms. The molecule has 0 bridgehead atoms. The van der Waals surface area contributed by atoms with E-state index in [1.54, 1.807) is 0 Å². The first-order valence-corrected chi connectivity index (χ1v) is 7.16. The van der Waals surface area contributed by atoms with Crippen LogP contribution in [0.2, 0.25) is 0 Å². The van der Waals surface area contributed by atoms with Gasteiger partial charge in [-0.1, -0.05) is 52.8 Å². The quantitative estimate of drug-likeness (QED) is 0.800. The third-order valence-corrected chi connectivity index (χ3v) is 3.38. The molecule has 2 nitrogen and oxygen atoms in total. The molecule has 0 radical (unpaired) electrons. The molecule has 0 unspecified atom stereocenters. The van der Waals surface area contributed by atoms with Crippen molar-refractivity contribution in [2.45, 2.75) is 53.4 Å². The minimum Gasteiger partial charge on any atom is -0.478 e. The van der Waals surface area contributed by atoms with Crippen molar-refractivity contribution in [1.29, 1.82) is 0 Å². The molecule has 0 heterocycles. The fourth-order valence-corrected chi connectivity index (χ4v) is 2.27. The Labute approximate surface area is 122 Å². The van der Waals surface area contributed by atoms with Crippen molar-refractivity contribution >= 4 is 11.5 Å². The first kappa shape index (κ1) is 16.5. The van der Waals surface area contributed by atoms with Crippen LogP contribution in [0.15, 0.2) is 24.3 Å². The first-order chi connectivity index (χ1) is 9.11. The van der Waals surface area contributed by atoms with Crippen molar-refractivity contribution in [3.05, 3.63) is 41.0 Å². The molecule has 0 aromatic heterocycles. The standard InChI is InChI=1S/C18H26O2/c1-12(2)9-14(10-17(19)20)16-11-15(18(4,5)6)8-7-13(16)3/h7-8,10-12H,9H2,1-6H3,(H,19,20)/b14-10+. The highest BCUT2D eigenvalue weighted by Crippen LogP contribution is 2.30. The Morgan fingerprint density at radius 3 is 2.35 bits per heavy atom. The second kappa shape index (κ2) is 6.25. The van der Waals surface area contributed by atoms with Gasteiger partial charge >= 0.3 is 5.97 Å². The maximum Gasteiger partial charge on any atom is 0.328 e. The number of aliphatic carboxylic acids is 1. The monoisotopic (exact) mass is 274 g/mol. The Kier molecular flexibility index (Phi) is 5.15. The molecule has 1 aromatic rings. The van der Waals surface area contributed by atoms with Crippen LogP contribution in [0.4, 0.5) is 0 Å². The molecule has 1 rings (SSSR count). The molecule has 0 aliphatic heterocycles. The van der Waals surface area contributed by atoms with Crippen molar-refractivity contribution in [2.75, 3.05) is 0 Å². The third-order valence-electron chi connectivity index (χ3n) is 3.38. The molecule has 0 aliphatic rings. The van der Waals surface area contributed by atoms with Crippen molar-refractivity contribution < 1.29 is 9.90 Å². The summed E-state index contributed by atoms with van der Waals surface area (Å²) in [6, 6.07) is 6.37. The number of carbonyl (C=O) groups is 1. The molecule has 0 atom stereocenters. The molecular formula is C18H26O2. The van der Waals surface area contributed by atoms with Crippen molar-refractivity contribution in [3.63, 3.8) is 0 Å². The van der Waals surface area contributed by atoms with Crippen LogP contribution < -0.4 is 0 Å². The number of carboxylic acids is 1. The van der Waals surface area contributed by atoms with Crippen molar-refractivity contribution in [2.24, 2.45) is 5.92 Å². The lowest BCUT2D eigenvalue weighted by molar-refractivity contribution is -0.131. The highest BCUT2D eigenvalue weighted by atomic mass is 16.4. The summed E-state index contributed by atoms with van der Waals surface area (Å²) in [6.07, 6.45) is 2.13. The number of hydrogen-bond donors (Lipinski definition) is 1. The summed E-state index contributed by atoms with van der Waals surface area (Å²) in [5.74, 6) is -0.445. The lowest BCUT2D eigenvalue weighted by Gasteiger charge is -2.22. The largest absolute Gasteiger partial charge is 0.478 e. The van der Waals surface area contributed by atoms with Crippen LogP contribution in [0.3, 0.4) is 0 Å². The third kappa shape index (κ3) is 4.52. The SMILES string of the molecule is Cc1ccc(C(C)(C)C)cc1/C(=C/C(=O)O)CC(C)C. The Morgan fingerprint density at radius 1 is 1.30 bits per heavy atom. The van der Waals surface area contributed by atoms with E-state index in [1.165, 1.54) is 11.6 Å². The molecular weight excluding hydrogens is 248 g/mol. The predicted octanol–water partition coefficient (Wildman–Crippen LogP) is 4.81. The van der Waals surface area contributed by atoms with Gasteiger partial charge in [0.15, 0.2) is 0 Å². The topological polar surface area (TPSA) is 37.3 Å². The van der Waals surface area contributed by atoms with E-state index in [4.69, 9.17) is 5.11 Å². The Balaban J connectivity index is 3.36. The molecule has 0 amide bonds. The summed E-state index contributed by atoms with van der Waals surface area (Å²) in [6.45, 7) is 12.8. The van der Waals surface area contributed by atoms with Crippen molar-refractivity contribution in [1.82, 2.24) is 0 Å².